The highest BCUT2D eigenvalue weighted by atomic mass is 32.1. The van der Waals surface area contributed by atoms with Gasteiger partial charge in [-0.25, -0.2) is 8.78 Å². The lowest BCUT2D eigenvalue weighted by molar-refractivity contribution is -0.123. The lowest BCUT2D eigenvalue weighted by Crippen LogP contribution is -2.33. The molecule has 0 bridgehead atoms. The third-order valence-electron chi connectivity index (χ3n) is 2.57. The van der Waals surface area contributed by atoms with Crippen molar-refractivity contribution in [1.82, 2.24) is 5.32 Å². The second kappa shape index (κ2) is 6.94. The molecular formula is C14H12F2N2O2S. The second-order valence-corrected chi connectivity index (χ2v) is 5.24. The molecule has 0 aliphatic heterocycles. The van der Waals surface area contributed by atoms with Gasteiger partial charge in [0.15, 0.2) is 0 Å². The number of amides is 2. The zero-order valence-electron chi connectivity index (χ0n) is 10.9. The first kappa shape index (κ1) is 15.1. The summed E-state index contributed by atoms with van der Waals surface area (Å²) < 4.78 is 26.0. The minimum absolute atomic E-state index is 0.131. The van der Waals surface area contributed by atoms with Crippen molar-refractivity contribution < 1.29 is 18.4 Å². The fraction of sp³-hybridized carbons (Fsp3) is 0.143. The Kier molecular flexibility index (Phi) is 4.99. The van der Waals surface area contributed by atoms with E-state index in [9.17, 15) is 18.4 Å². The van der Waals surface area contributed by atoms with Crippen LogP contribution < -0.4 is 10.6 Å². The highest BCUT2D eigenvalue weighted by molar-refractivity contribution is 7.10. The van der Waals surface area contributed by atoms with Crippen molar-refractivity contribution in [2.45, 2.75) is 6.42 Å². The van der Waals surface area contributed by atoms with E-state index in [0.29, 0.717) is 6.07 Å². The first-order valence-electron chi connectivity index (χ1n) is 6.08. The van der Waals surface area contributed by atoms with Crippen molar-refractivity contribution in [2.75, 3.05) is 11.9 Å². The minimum atomic E-state index is -0.867. The molecule has 2 aromatic rings. The van der Waals surface area contributed by atoms with Crippen LogP contribution in [0, 0.1) is 11.6 Å². The summed E-state index contributed by atoms with van der Waals surface area (Å²) in [5.74, 6) is -2.48. The lowest BCUT2D eigenvalue weighted by atomic mass is 10.3. The van der Waals surface area contributed by atoms with Crippen molar-refractivity contribution in [3.05, 3.63) is 52.2 Å². The maximum atomic E-state index is 13.3. The van der Waals surface area contributed by atoms with E-state index >= 15 is 0 Å². The van der Waals surface area contributed by atoms with E-state index in [2.05, 4.69) is 10.6 Å². The smallest absolute Gasteiger partial charge is 0.243 e. The van der Waals surface area contributed by atoms with E-state index in [1.54, 1.807) is 0 Å². The van der Waals surface area contributed by atoms with Gasteiger partial charge in [-0.05, 0) is 23.6 Å². The molecule has 1 heterocycles. The zero-order chi connectivity index (χ0) is 15.2. The summed E-state index contributed by atoms with van der Waals surface area (Å²) in [7, 11) is 0. The molecule has 0 spiro atoms. The van der Waals surface area contributed by atoms with E-state index in [4.69, 9.17) is 0 Å². The van der Waals surface area contributed by atoms with Crippen LogP contribution in [0.1, 0.15) is 4.88 Å². The van der Waals surface area contributed by atoms with Gasteiger partial charge in [0.2, 0.25) is 11.8 Å². The summed E-state index contributed by atoms with van der Waals surface area (Å²) in [6, 6.07) is 6.48. The summed E-state index contributed by atoms with van der Waals surface area (Å²) in [5, 5.41) is 6.54. The van der Waals surface area contributed by atoms with E-state index in [1.807, 2.05) is 17.5 Å². The van der Waals surface area contributed by atoms with Gasteiger partial charge < -0.3 is 10.6 Å². The molecule has 0 saturated carbocycles. The Labute approximate surface area is 123 Å². The van der Waals surface area contributed by atoms with Crippen LogP contribution in [0.3, 0.4) is 0 Å². The second-order valence-electron chi connectivity index (χ2n) is 4.21. The largest absolute Gasteiger partial charge is 0.347 e. The number of hydrogen-bond acceptors (Lipinski definition) is 3. The molecule has 0 saturated heterocycles. The van der Waals surface area contributed by atoms with Gasteiger partial charge in [-0.1, -0.05) is 6.07 Å². The van der Waals surface area contributed by atoms with Gasteiger partial charge in [-0.15, -0.1) is 11.3 Å². The van der Waals surface area contributed by atoms with Crippen LogP contribution in [-0.4, -0.2) is 18.4 Å². The number of carbonyl (C=O) groups is 2. The molecule has 4 nitrogen and oxygen atoms in total. The first-order chi connectivity index (χ1) is 10.0. The van der Waals surface area contributed by atoms with Crippen LogP contribution in [0.2, 0.25) is 0 Å². The number of carbonyl (C=O) groups excluding carboxylic acids is 2. The summed E-state index contributed by atoms with van der Waals surface area (Å²) in [5.41, 5.74) is -0.131. The van der Waals surface area contributed by atoms with Crippen LogP contribution in [0.5, 0.6) is 0 Å². The van der Waals surface area contributed by atoms with E-state index < -0.39 is 17.5 Å². The molecule has 0 unspecified atom stereocenters. The maximum absolute atomic E-state index is 13.3. The van der Waals surface area contributed by atoms with Crippen LogP contribution in [0.25, 0.3) is 0 Å². The summed E-state index contributed by atoms with van der Waals surface area (Å²) >= 11 is 1.44. The Morgan fingerprint density at radius 1 is 1.14 bits per heavy atom. The summed E-state index contributed by atoms with van der Waals surface area (Å²) in [6.07, 6.45) is 0.190. The SMILES string of the molecule is O=C(Cc1cccs1)NCC(=O)Nc1ccc(F)cc1F. The molecule has 2 amide bonds. The number of benzene rings is 1. The van der Waals surface area contributed by atoms with Crippen molar-refractivity contribution in [3.8, 4) is 0 Å². The first-order valence-corrected chi connectivity index (χ1v) is 6.96. The third kappa shape index (κ3) is 4.64. The monoisotopic (exact) mass is 310 g/mol. The number of thiophene rings is 1. The van der Waals surface area contributed by atoms with Crippen LogP contribution >= 0.6 is 11.3 Å². The van der Waals surface area contributed by atoms with Crippen LogP contribution in [-0.2, 0) is 16.0 Å². The fourth-order valence-corrected chi connectivity index (χ4v) is 2.30. The van der Waals surface area contributed by atoms with E-state index in [0.717, 1.165) is 17.0 Å². The topological polar surface area (TPSA) is 58.2 Å². The van der Waals surface area contributed by atoms with Gasteiger partial charge in [-0.3, -0.25) is 9.59 Å². The van der Waals surface area contributed by atoms with Gasteiger partial charge in [0.25, 0.3) is 0 Å². The van der Waals surface area contributed by atoms with Gasteiger partial charge in [0, 0.05) is 10.9 Å². The molecule has 0 aliphatic carbocycles. The zero-order valence-corrected chi connectivity index (χ0v) is 11.7. The molecule has 0 atom stereocenters. The van der Waals surface area contributed by atoms with Crippen molar-refractivity contribution in [2.24, 2.45) is 0 Å². The highest BCUT2D eigenvalue weighted by Gasteiger charge is 2.10. The third-order valence-corrected chi connectivity index (χ3v) is 3.44. The van der Waals surface area contributed by atoms with Gasteiger partial charge in [0.05, 0.1) is 18.7 Å². The number of nitrogens with one attached hydrogen (secondary N) is 2. The molecule has 7 heteroatoms. The van der Waals surface area contributed by atoms with E-state index in [1.165, 1.54) is 11.3 Å². The molecule has 1 aromatic heterocycles. The molecule has 1 aromatic carbocycles. The normalized spacial score (nSPS) is 10.2. The minimum Gasteiger partial charge on any atom is -0.347 e. The van der Waals surface area contributed by atoms with Crippen molar-refractivity contribution >= 4 is 28.8 Å². The van der Waals surface area contributed by atoms with Crippen molar-refractivity contribution in [1.29, 1.82) is 0 Å². The number of rotatable bonds is 5. The van der Waals surface area contributed by atoms with Crippen molar-refractivity contribution in [3.63, 3.8) is 0 Å². The molecule has 0 radical (unpaired) electrons. The maximum Gasteiger partial charge on any atom is 0.243 e. The Morgan fingerprint density at radius 3 is 2.62 bits per heavy atom. The summed E-state index contributed by atoms with van der Waals surface area (Å²) in [6.45, 7) is -0.277. The average molecular weight is 310 g/mol. The van der Waals surface area contributed by atoms with Crippen LogP contribution in [0.4, 0.5) is 14.5 Å². The Hall–Kier alpha value is -2.28. The predicted molar refractivity (Wildman–Crippen MR) is 76.0 cm³/mol. The standard InChI is InChI=1S/C14H12F2N2O2S/c15-9-3-4-12(11(16)6-9)18-14(20)8-17-13(19)7-10-2-1-5-21-10/h1-6H,7-8H2,(H,17,19)(H,18,20). The molecule has 21 heavy (non-hydrogen) atoms. The fourth-order valence-electron chi connectivity index (χ4n) is 1.60. The molecule has 0 aliphatic rings. The Bertz CT molecular complexity index is 644. The molecular weight excluding hydrogens is 298 g/mol. The molecule has 110 valence electrons. The quantitative estimate of drug-likeness (QED) is 0.890. The van der Waals surface area contributed by atoms with E-state index in [-0.39, 0.29) is 24.6 Å². The lowest BCUT2D eigenvalue weighted by Gasteiger charge is -2.07. The number of anilines is 1. The number of hydrogen-bond donors (Lipinski definition) is 2. The van der Waals surface area contributed by atoms with Gasteiger partial charge >= 0.3 is 0 Å². The summed E-state index contributed by atoms with van der Waals surface area (Å²) in [4.78, 5) is 24.0. The molecule has 2 N–H and O–H groups in total. The van der Waals surface area contributed by atoms with Gasteiger partial charge in [-0.2, -0.15) is 0 Å². The average Bonchev–Trinajstić information content (AvgIpc) is 2.92. The van der Waals surface area contributed by atoms with Crippen LogP contribution in [0.15, 0.2) is 35.7 Å². The molecule has 2 rings (SSSR count). The highest BCUT2D eigenvalue weighted by Crippen LogP contribution is 2.14. The van der Waals surface area contributed by atoms with Gasteiger partial charge in [0.1, 0.15) is 11.6 Å². The Balaban J connectivity index is 1.80. The number of halogens is 2. The molecule has 0 fully saturated rings. The Morgan fingerprint density at radius 2 is 1.95 bits per heavy atom. The predicted octanol–water partition coefficient (Wildman–Crippen LogP) is 2.32.